The van der Waals surface area contributed by atoms with Gasteiger partial charge in [0.2, 0.25) is 0 Å². The standard InChI is InChI=1S/C3H5O2.Na/c1-2-3(4)5;/h1-2H2,(H,4,5);/q;+1/p-1. The first kappa shape index (κ1) is 9.69. The summed E-state index contributed by atoms with van der Waals surface area (Å²) in [6.07, 6.45) is -0.139. The summed E-state index contributed by atoms with van der Waals surface area (Å²) in [5, 5.41) is 9.19. The zero-order valence-corrected chi connectivity index (χ0v) is 5.73. The summed E-state index contributed by atoms with van der Waals surface area (Å²) in [7, 11) is 0. The number of hydrogen-bond acceptors (Lipinski definition) is 2. The van der Waals surface area contributed by atoms with Gasteiger partial charge in [0.25, 0.3) is 0 Å². The molecule has 0 amide bonds. The van der Waals surface area contributed by atoms with E-state index in [1.54, 1.807) is 0 Å². The minimum Gasteiger partial charge on any atom is -0.550 e. The SMILES string of the molecule is [CH2]CC(=O)[O-].[Na+]. The van der Waals surface area contributed by atoms with E-state index in [1.807, 2.05) is 0 Å². The molecule has 1 radical (unpaired) electrons. The van der Waals surface area contributed by atoms with Crippen LogP contribution < -0.4 is 34.7 Å². The van der Waals surface area contributed by atoms with E-state index in [4.69, 9.17) is 0 Å². The third kappa shape index (κ3) is 8.82. The van der Waals surface area contributed by atoms with Gasteiger partial charge in [0.1, 0.15) is 0 Å². The van der Waals surface area contributed by atoms with E-state index in [0.29, 0.717) is 0 Å². The number of carbonyl (C=O) groups is 1. The van der Waals surface area contributed by atoms with Crippen LogP contribution in [0.2, 0.25) is 0 Å². The Hall–Kier alpha value is 0.470. The monoisotopic (exact) mass is 95.0 g/mol. The number of rotatable bonds is 1. The number of aliphatic carboxylic acids is 1. The van der Waals surface area contributed by atoms with Crippen molar-refractivity contribution in [2.45, 2.75) is 6.42 Å². The van der Waals surface area contributed by atoms with Gasteiger partial charge in [-0.05, 0) is 13.3 Å². The largest absolute Gasteiger partial charge is 1.00 e. The van der Waals surface area contributed by atoms with Gasteiger partial charge in [-0.15, -0.1) is 0 Å². The minimum absolute atomic E-state index is 0. The van der Waals surface area contributed by atoms with Gasteiger partial charge in [-0.3, -0.25) is 0 Å². The molecule has 0 aliphatic carbocycles. The second kappa shape index (κ2) is 5.47. The zero-order valence-electron chi connectivity index (χ0n) is 3.73. The molecule has 29 valence electrons. The van der Waals surface area contributed by atoms with Crippen molar-refractivity contribution in [3.8, 4) is 0 Å². The van der Waals surface area contributed by atoms with Gasteiger partial charge in [0, 0.05) is 5.97 Å². The molecule has 0 N–H and O–H groups in total. The molecule has 0 aliphatic heterocycles. The number of carbonyl (C=O) groups excluding carboxylic acids is 1. The van der Waals surface area contributed by atoms with Crippen LogP contribution in [0.15, 0.2) is 0 Å². The predicted molar refractivity (Wildman–Crippen MR) is 15.0 cm³/mol. The van der Waals surface area contributed by atoms with Crippen LogP contribution in [0.4, 0.5) is 0 Å². The average molecular weight is 95.1 g/mol. The zero-order chi connectivity index (χ0) is 4.28. The molecule has 6 heavy (non-hydrogen) atoms. The molecule has 0 unspecified atom stereocenters. The molecule has 0 aliphatic rings. The van der Waals surface area contributed by atoms with Gasteiger partial charge >= 0.3 is 29.6 Å². The van der Waals surface area contributed by atoms with Crippen molar-refractivity contribution < 1.29 is 39.5 Å². The molecule has 0 heterocycles. The number of hydrogen-bond donors (Lipinski definition) is 0. The normalized spacial score (nSPS) is 6.17. The maximum Gasteiger partial charge on any atom is 1.00 e. The Bertz CT molecular complexity index is 44.1. The van der Waals surface area contributed by atoms with Crippen molar-refractivity contribution in [1.29, 1.82) is 0 Å². The quantitative estimate of drug-likeness (QED) is 0.311. The molecule has 0 fully saturated rings. The molecule has 0 aromatic rings. The molecule has 0 aromatic carbocycles. The maximum absolute atomic E-state index is 9.19. The molecule has 0 rings (SSSR count). The van der Waals surface area contributed by atoms with Gasteiger partial charge in [-0.1, -0.05) is 0 Å². The third-order valence-electron chi connectivity index (χ3n) is 0.204. The third-order valence-corrected chi connectivity index (χ3v) is 0.204. The molecule has 2 nitrogen and oxygen atoms in total. The molecule has 3 heteroatoms. The smallest absolute Gasteiger partial charge is 0.550 e. The van der Waals surface area contributed by atoms with Crippen molar-refractivity contribution in [3.63, 3.8) is 0 Å². The first-order chi connectivity index (χ1) is 2.27. The molecule has 0 atom stereocenters. The van der Waals surface area contributed by atoms with Gasteiger partial charge in [-0.25, -0.2) is 0 Å². The van der Waals surface area contributed by atoms with Crippen molar-refractivity contribution in [1.82, 2.24) is 0 Å². The molecular formula is C3H4NaO2. The Morgan fingerprint density at radius 1 is 1.83 bits per heavy atom. The van der Waals surface area contributed by atoms with Crippen LogP contribution in [-0.2, 0) is 4.79 Å². The Labute approximate surface area is 58.8 Å². The Balaban J connectivity index is 0. The molecule has 0 saturated heterocycles. The maximum atomic E-state index is 9.19. The van der Waals surface area contributed by atoms with Crippen LogP contribution in [-0.4, -0.2) is 5.97 Å². The summed E-state index contributed by atoms with van der Waals surface area (Å²) < 4.78 is 0. The second-order valence-electron chi connectivity index (χ2n) is 0.622. The molecule has 0 bridgehead atoms. The van der Waals surface area contributed by atoms with E-state index in [9.17, 15) is 9.90 Å². The molecule has 0 spiro atoms. The van der Waals surface area contributed by atoms with Crippen LogP contribution in [0.3, 0.4) is 0 Å². The van der Waals surface area contributed by atoms with Crippen molar-refractivity contribution in [2.75, 3.05) is 0 Å². The van der Waals surface area contributed by atoms with E-state index in [2.05, 4.69) is 6.92 Å². The fraction of sp³-hybridized carbons (Fsp3) is 0.333. The van der Waals surface area contributed by atoms with Crippen molar-refractivity contribution >= 4 is 5.97 Å². The minimum atomic E-state index is -1.11. The van der Waals surface area contributed by atoms with Gasteiger partial charge in [0.15, 0.2) is 0 Å². The summed E-state index contributed by atoms with van der Waals surface area (Å²) in [5.41, 5.74) is 0. The Kier molecular flexibility index (Phi) is 8.83. The molecular weight excluding hydrogens is 91.0 g/mol. The van der Waals surface area contributed by atoms with E-state index in [-0.39, 0.29) is 36.0 Å². The Morgan fingerprint density at radius 2 is 2.00 bits per heavy atom. The van der Waals surface area contributed by atoms with E-state index >= 15 is 0 Å². The average Bonchev–Trinajstić information content (AvgIpc) is 1.38. The van der Waals surface area contributed by atoms with E-state index in [0.717, 1.165) is 0 Å². The Morgan fingerprint density at radius 3 is 2.00 bits per heavy atom. The van der Waals surface area contributed by atoms with Crippen LogP contribution in [0.25, 0.3) is 0 Å². The first-order valence-electron chi connectivity index (χ1n) is 1.26. The number of carboxylic acids is 1. The summed E-state index contributed by atoms with van der Waals surface area (Å²) in [6, 6.07) is 0. The molecule has 0 saturated carbocycles. The summed E-state index contributed by atoms with van der Waals surface area (Å²) in [4.78, 5) is 9.19. The first-order valence-corrected chi connectivity index (χ1v) is 1.26. The van der Waals surface area contributed by atoms with Crippen LogP contribution in [0.1, 0.15) is 6.42 Å². The van der Waals surface area contributed by atoms with Crippen LogP contribution in [0, 0.1) is 6.92 Å². The van der Waals surface area contributed by atoms with E-state index < -0.39 is 5.97 Å². The van der Waals surface area contributed by atoms with Gasteiger partial charge in [-0.2, -0.15) is 0 Å². The topological polar surface area (TPSA) is 40.1 Å². The van der Waals surface area contributed by atoms with Gasteiger partial charge < -0.3 is 9.90 Å². The van der Waals surface area contributed by atoms with Crippen molar-refractivity contribution in [3.05, 3.63) is 6.92 Å². The fourth-order valence-electron chi connectivity index (χ4n) is 0. The predicted octanol–water partition coefficient (Wildman–Crippen LogP) is -4.04. The number of carboxylic acid groups (broad SMARTS) is 1. The van der Waals surface area contributed by atoms with Gasteiger partial charge in [0.05, 0.1) is 0 Å². The second-order valence-corrected chi connectivity index (χ2v) is 0.622. The fourth-order valence-corrected chi connectivity index (χ4v) is 0. The van der Waals surface area contributed by atoms with E-state index in [1.165, 1.54) is 0 Å². The summed E-state index contributed by atoms with van der Waals surface area (Å²) in [6.45, 7) is 3.02. The summed E-state index contributed by atoms with van der Waals surface area (Å²) >= 11 is 0. The molecule has 0 aromatic heterocycles. The van der Waals surface area contributed by atoms with Crippen LogP contribution >= 0.6 is 0 Å². The van der Waals surface area contributed by atoms with Crippen molar-refractivity contribution in [2.24, 2.45) is 0 Å². The summed E-state index contributed by atoms with van der Waals surface area (Å²) in [5.74, 6) is -1.11. The van der Waals surface area contributed by atoms with Crippen LogP contribution in [0.5, 0.6) is 0 Å².